The van der Waals surface area contributed by atoms with Crippen LogP contribution in [-0.4, -0.2) is 46.6 Å². The molecule has 0 bridgehead atoms. The van der Waals surface area contributed by atoms with Crippen LogP contribution in [0.5, 0.6) is 11.5 Å². The maximum absolute atomic E-state index is 13.1. The molecule has 0 saturated carbocycles. The van der Waals surface area contributed by atoms with Gasteiger partial charge in [0.15, 0.2) is 17.4 Å². The van der Waals surface area contributed by atoms with Crippen LogP contribution in [-0.2, 0) is 7.05 Å². The number of methoxy groups -OCH3 is 2. The number of hydrogen-bond donors (Lipinski definition) is 1. The van der Waals surface area contributed by atoms with E-state index in [4.69, 9.17) is 14.5 Å². The van der Waals surface area contributed by atoms with Gasteiger partial charge in [0.05, 0.1) is 32.3 Å². The van der Waals surface area contributed by atoms with E-state index in [-0.39, 0.29) is 11.6 Å². The van der Waals surface area contributed by atoms with E-state index in [1.54, 1.807) is 30.1 Å². The van der Waals surface area contributed by atoms with Crippen molar-refractivity contribution in [2.75, 3.05) is 25.7 Å². The van der Waals surface area contributed by atoms with Crippen molar-refractivity contribution in [2.45, 2.75) is 25.8 Å². The largest absolute Gasteiger partial charge is 0.497 e. The highest BCUT2D eigenvalue weighted by atomic mass is 19.1. The molecule has 0 spiro atoms. The van der Waals surface area contributed by atoms with Gasteiger partial charge in [-0.2, -0.15) is 5.10 Å². The number of hydrogen-bond acceptors (Lipinski definition) is 7. The third-order valence-electron chi connectivity index (χ3n) is 6.07. The molecule has 2 aliphatic heterocycles. The van der Waals surface area contributed by atoms with E-state index >= 15 is 0 Å². The van der Waals surface area contributed by atoms with Gasteiger partial charge < -0.3 is 19.7 Å². The van der Waals surface area contributed by atoms with Gasteiger partial charge in [0.1, 0.15) is 11.4 Å². The normalized spacial score (nSPS) is 16.2. The van der Waals surface area contributed by atoms with E-state index in [2.05, 4.69) is 33.5 Å². The van der Waals surface area contributed by atoms with Gasteiger partial charge in [0.2, 0.25) is 0 Å². The zero-order valence-corrected chi connectivity index (χ0v) is 21.1. The van der Waals surface area contributed by atoms with E-state index < -0.39 is 0 Å². The summed E-state index contributed by atoms with van der Waals surface area (Å²) >= 11 is 0. The first-order chi connectivity index (χ1) is 17.3. The number of fused-ring (bicyclic) bond motifs is 1. The van der Waals surface area contributed by atoms with E-state index in [0.29, 0.717) is 17.4 Å². The van der Waals surface area contributed by atoms with Crippen molar-refractivity contribution in [3.05, 3.63) is 78.4 Å². The number of anilines is 1. The van der Waals surface area contributed by atoms with Gasteiger partial charge in [-0.15, -0.1) is 0 Å². The maximum atomic E-state index is 13.1. The molecule has 2 aliphatic rings. The molecule has 2 aromatic heterocycles. The number of nitrogens with zero attached hydrogens (tertiary/aromatic N) is 5. The summed E-state index contributed by atoms with van der Waals surface area (Å²) in [6.45, 7) is 10.7. The molecule has 1 unspecified atom stereocenters. The van der Waals surface area contributed by atoms with E-state index in [0.717, 1.165) is 53.5 Å². The molecule has 5 rings (SSSR count). The van der Waals surface area contributed by atoms with Gasteiger partial charge in [-0.3, -0.25) is 9.67 Å². The first kappa shape index (κ1) is 25.0. The third-order valence-corrected chi connectivity index (χ3v) is 6.07. The Hall–Kier alpha value is -4.14. The molecule has 36 heavy (non-hydrogen) atoms. The van der Waals surface area contributed by atoms with Gasteiger partial charge in [0, 0.05) is 48.9 Å². The van der Waals surface area contributed by atoms with E-state index in [1.807, 2.05) is 25.4 Å². The predicted molar refractivity (Wildman–Crippen MR) is 139 cm³/mol. The highest BCUT2D eigenvalue weighted by Gasteiger charge is 2.25. The molecule has 0 amide bonds. The van der Waals surface area contributed by atoms with Crippen molar-refractivity contribution in [3.63, 3.8) is 0 Å². The van der Waals surface area contributed by atoms with E-state index in [9.17, 15) is 4.39 Å². The van der Waals surface area contributed by atoms with E-state index in [1.165, 1.54) is 20.3 Å². The summed E-state index contributed by atoms with van der Waals surface area (Å²) in [5.74, 6) is 1.33. The van der Waals surface area contributed by atoms with Crippen LogP contribution in [0.2, 0.25) is 0 Å². The maximum Gasteiger partial charge on any atom is 0.168 e. The molecule has 188 valence electrons. The molecule has 3 aromatic rings. The fourth-order valence-corrected chi connectivity index (χ4v) is 4.11. The standard InChI is InChI=1S/C18H20N6.C9H11FO2/c1-12-4-6-15(21-12)11-24-13(2)5-7-16-18(24)22-17(9-19-16)14-8-20-23(3)10-14;1-6-4-7(11-2)5-8(12-3)9(6)10/h5,7-10,15,21H,1-2,4,6,11H2,3H3;4-5H,1-3H3. The summed E-state index contributed by atoms with van der Waals surface area (Å²) in [5.41, 5.74) is 5.20. The van der Waals surface area contributed by atoms with Crippen LogP contribution in [0.4, 0.5) is 10.2 Å². The molecular weight excluding hydrogens is 459 g/mol. The second-order valence-electron chi connectivity index (χ2n) is 8.75. The Bertz CT molecular complexity index is 1320. The Balaban J connectivity index is 0.000000214. The van der Waals surface area contributed by atoms with Crippen LogP contribution in [0.25, 0.3) is 17.3 Å². The quantitative estimate of drug-likeness (QED) is 0.558. The topological polar surface area (TPSA) is 77.3 Å². The average molecular weight is 491 g/mol. The van der Waals surface area contributed by atoms with Crippen LogP contribution in [0.15, 0.2) is 61.4 Å². The minimum Gasteiger partial charge on any atom is -0.497 e. The van der Waals surface area contributed by atoms with Crippen LogP contribution >= 0.6 is 0 Å². The Kier molecular flexibility index (Phi) is 7.38. The fraction of sp³-hybridized carbons (Fsp3) is 0.296. The average Bonchev–Trinajstić information content (AvgIpc) is 3.50. The fourth-order valence-electron chi connectivity index (χ4n) is 4.11. The number of aromatic nitrogens is 4. The number of halogens is 1. The molecule has 1 atom stereocenters. The third kappa shape index (κ3) is 5.40. The zero-order chi connectivity index (χ0) is 25.8. The first-order valence-electron chi connectivity index (χ1n) is 11.6. The van der Waals surface area contributed by atoms with Crippen LogP contribution in [0, 0.1) is 12.7 Å². The van der Waals surface area contributed by atoms with Crippen LogP contribution in [0.1, 0.15) is 24.1 Å². The molecule has 4 heterocycles. The van der Waals surface area contributed by atoms with Crippen LogP contribution < -0.4 is 19.7 Å². The molecule has 0 radical (unpaired) electrons. The molecule has 1 saturated heterocycles. The Morgan fingerprint density at radius 3 is 2.61 bits per heavy atom. The molecular formula is C27H31FN6O2. The Labute approximate surface area is 210 Å². The highest BCUT2D eigenvalue weighted by Crippen LogP contribution is 2.31. The second kappa shape index (κ2) is 10.6. The predicted octanol–water partition coefficient (Wildman–Crippen LogP) is 4.64. The SMILES string of the molecule is C=C1CCC(CN2C(=C)C=Cc3ncc(-c4cnn(C)c4)nc32)N1.COc1cc(C)c(F)c(OC)c1. The lowest BCUT2D eigenvalue weighted by Gasteiger charge is -2.30. The van der Waals surface area contributed by atoms with Crippen molar-refractivity contribution in [2.24, 2.45) is 7.05 Å². The highest BCUT2D eigenvalue weighted by molar-refractivity contribution is 5.73. The lowest BCUT2D eigenvalue weighted by atomic mass is 10.1. The van der Waals surface area contributed by atoms with Gasteiger partial charge >= 0.3 is 0 Å². The lowest BCUT2D eigenvalue weighted by Crippen LogP contribution is -2.37. The lowest BCUT2D eigenvalue weighted by molar-refractivity contribution is 0.372. The first-order valence-corrected chi connectivity index (χ1v) is 11.6. The zero-order valence-electron chi connectivity index (χ0n) is 21.1. The summed E-state index contributed by atoms with van der Waals surface area (Å²) in [6.07, 6.45) is 11.6. The monoisotopic (exact) mass is 490 g/mol. The van der Waals surface area contributed by atoms with Gasteiger partial charge in [-0.25, -0.2) is 9.37 Å². The van der Waals surface area contributed by atoms with Crippen molar-refractivity contribution < 1.29 is 13.9 Å². The number of benzene rings is 1. The molecule has 1 N–H and O–H groups in total. The van der Waals surface area contributed by atoms with Crippen molar-refractivity contribution in [1.82, 2.24) is 25.1 Å². The summed E-state index contributed by atoms with van der Waals surface area (Å²) < 4.78 is 24.7. The number of ether oxygens (including phenoxy) is 2. The molecule has 1 fully saturated rings. The Morgan fingerprint density at radius 1 is 1.17 bits per heavy atom. The number of allylic oxidation sites excluding steroid dienone is 2. The summed E-state index contributed by atoms with van der Waals surface area (Å²) in [7, 11) is 4.86. The molecule has 9 heteroatoms. The summed E-state index contributed by atoms with van der Waals surface area (Å²) in [4.78, 5) is 11.5. The summed E-state index contributed by atoms with van der Waals surface area (Å²) in [6, 6.07) is 3.50. The van der Waals surface area contributed by atoms with Crippen LogP contribution in [0.3, 0.4) is 0 Å². The number of rotatable bonds is 5. The molecule has 1 aromatic carbocycles. The van der Waals surface area contributed by atoms with Crippen molar-refractivity contribution in [1.29, 1.82) is 0 Å². The molecule has 8 nitrogen and oxygen atoms in total. The van der Waals surface area contributed by atoms with Crippen molar-refractivity contribution >= 4 is 11.9 Å². The number of nitrogens with one attached hydrogen (secondary N) is 1. The second-order valence-corrected chi connectivity index (χ2v) is 8.75. The van der Waals surface area contributed by atoms with Crippen molar-refractivity contribution in [3.8, 4) is 22.8 Å². The van der Waals surface area contributed by atoms with Gasteiger partial charge in [0.25, 0.3) is 0 Å². The minimum atomic E-state index is -0.335. The molecule has 0 aliphatic carbocycles. The minimum absolute atomic E-state index is 0.215. The summed E-state index contributed by atoms with van der Waals surface area (Å²) in [5, 5.41) is 7.65. The Morgan fingerprint density at radius 2 is 1.97 bits per heavy atom. The van der Waals surface area contributed by atoms with Gasteiger partial charge in [-0.05, 0) is 43.5 Å². The number of aryl methyl sites for hydroxylation is 2. The van der Waals surface area contributed by atoms with Gasteiger partial charge in [-0.1, -0.05) is 13.2 Å². The smallest absolute Gasteiger partial charge is 0.168 e.